The predicted molar refractivity (Wildman–Crippen MR) is 216 cm³/mol. The van der Waals surface area contributed by atoms with E-state index in [-0.39, 0.29) is 0 Å². The molecule has 0 nitrogen and oxygen atoms in total. The van der Waals surface area contributed by atoms with Gasteiger partial charge in [0.25, 0.3) is 0 Å². The Balaban J connectivity index is 1.59. The van der Waals surface area contributed by atoms with Gasteiger partial charge in [-0.2, -0.15) is 0 Å². The van der Waals surface area contributed by atoms with Gasteiger partial charge in [-0.1, -0.05) is 175 Å². The van der Waals surface area contributed by atoms with Crippen molar-refractivity contribution >= 4 is 53.9 Å². The van der Waals surface area contributed by atoms with Crippen LogP contribution in [-0.4, -0.2) is 0 Å². The van der Waals surface area contributed by atoms with Crippen molar-refractivity contribution in [2.45, 2.75) is 0 Å². The Morgan fingerprint density at radius 1 is 0.260 bits per heavy atom. The van der Waals surface area contributed by atoms with Gasteiger partial charge in [0, 0.05) is 0 Å². The summed E-state index contributed by atoms with van der Waals surface area (Å²) in [4.78, 5) is 0. The number of hydrogen-bond acceptors (Lipinski definition) is 0. The molecule has 232 valence electrons. The summed E-state index contributed by atoms with van der Waals surface area (Å²) >= 11 is 0. The molecule has 0 bridgehead atoms. The van der Waals surface area contributed by atoms with Crippen molar-refractivity contribution in [2.24, 2.45) is 0 Å². The summed E-state index contributed by atoms with van der Waals surface area (Å²) in [6.45, 7) is 0. The Labute approximate surface area is 335 Å². The standard InChI is InChI=1S/C50H32/c1-2-15-36-30-38(27-26-33(36)12-1)37-18-9-19-40(31-37)49-45-22-7-8-23-46(45)50(44-25-11-17-35-14-4-6-21-42(35)44)47-29-28-39(32-48(47)49)43-24-10-16-34-13-3-5-20-41(34)43/h1-32H/i1D,2D,3D,4D,5D,6D,7D,8D,9D,10D,11D,12D,13D,14D,15D,16D,17D,18D,19D,20D,22D,23D,24D,25D,26D,27D,28D,29D,30D,31D,32D. The molecule has 0 unspecified atom stereocenters. The lowest BCUT2D eigenvalue weighted by Crippen LogP contribution is -1.93. The van der Waals surface area contributed by atoms with E-state index in [0.717, 1.165) is 6.07 Å². The van der Waals surface area contributed by atoms with Crippen LogP contribution in [0.2, 0.25) is 0 Å². The quantitative estimate of drug-likeness (QED) is 0.164. The highest BCUT2D eigenvalue weighted by Gasteiger charge is 2.19. The van der Waals surface area contributed by atoms with Gasteiger partial charge in [0.05, 0.1) is 42.5 Å². The Bertz CT molecular complexity index is 4680. The van der Waals surface area contributed by atoms with Crippen molar-refractivity contribution in [1.29, 1.82) is 0 Å². The Morgan fingerprint density at radius 2 is 0.820 bits per heavy atom. The molecule has 10 rings (SSSR count). The van der Waals surface area contributed by atoms with Crippen molar-refractivity contribution in [2.75, 3.05) is 0 Å². The number of hydrogen-bond donors (Lipinski definition) is 0. The lowest BCUT2D eigenvalue weighted by molar-refractivity contribution is 1.62. The van der Waals surface area contributed by atoms with Gasteiger partial charge in [-0.15, -0.1) is 0 Å². The van der Waals surface area contributed by atoms with E-state index in [1.54, 1.807) is 0 Å². The molecule has 50 heavy (non-hydrogen) atoms. The van der Waals surface area contributed by atoms with E-state index in [2.05, 4.69) is 0 Å². The highest BCUT2D eigenvalue weighted by molar-refractivity contribution is 6.24. The molecule has 0 saturated carbocycles. The first-order chi connectivity index (χ1) is 37.7. The van der Waals surface area contributed by atoms with Gasteiger partial charge in [0.15, 0.2) is 0 Å². The van der Waals surface area contributed by atoms with E-state index in [4.69, 9.17) is 24.7 Å². The molecule has 10 aromatic rings. The lowest BCUT2D eigenvalue weighted by atomic mass is 9.83. The minimum Gasteiger partial charge on any atom is -0.0616 e. The van der Waals surface area contributed by atoms with Crippen molar-refractivity contribution in [3.05, 3.63) is 193 Å². The van der Waals surface area contributed by atoms with E-state index < -0.39 is 286 Å². The molecule has 0 aliphatic rings. The molecule has 0 heterocycles. The maximum absolute atomic E-state index is 10.3. The number of rotatable bonds is 4. The molecular weight excluding hydrogens is 601 g/mol. The van der Waals surface area contributed by atoms with Gasteiger partial charge in [0.1, 0.15) is 0 Å². The summed E-state index contributed by atoms with van der Waals surface area (Å²) in [5.74, 6) is 0. The molecule has 0 amide bonds. The summed E-state index contributed by atoms with van der Waals surface area (Å²) in [6, 6.07) is -29.6. The maximum Gasteiger partial charge on any atom is 0.0636 e. The fourth-order valence-corrected chi connectivity index (χ4v) is 5.91. The minimum atomic E-state index is -1.18. The molecule has 0 saturated heterocycles. The second-order valence-electron chi connectivity index (χ2n) is 10.8. The second kappa shape index (κ2) is 11.6. The van der Waals surface area contributed by atoms with Crippen molar-refractivity contribution in [1.82, 2.24) is 0 Å². The summed E-state index contributed by atoms with van der Waals surface area (Å²) in [7, 11) is 0. The summed E-state index contributed by atoms with van der Waals surface area (Å²) in [5.41, 5.74) is -6.98. The first kappa shape index (κ1) is 11.3. The zero-order valence-electron chi connectivity index (χ0n) is 56.1. The molecule has 0 aromatic heterocycles. The van der Waals surface area contributed by atoms with Crippen LogP contribution in [0.5, 0.6) is 0 Å². The predicted octanol–water partition coefficient (Wildman–Crippen LogP) is 14.1. The fraction of sp³-hybridized carbons (Fsp3) is 0. The third kappa shape index (κ3) is 4.61. The van der Waals surface area contributed by atoms with Gasteiger partial charge in [-0.3, -0.25) is 0 Å². The Kier molecular flexibility index (Phi) is 2.61. The maximum atomic E-state index is 10.3. The highest BCUT2D eigenvalue weighted by Crippen LogP contribution is 2.47. The van der Waals surface area contributed by atoms with Crippen LogP contribution in [0, 0.1) is 0 Å². The fourth-order valence-electron chi connectivity index (χ4n) is 5.91. The van der Waals surface area contributed by atoms with E-state index in [9.17, 15) is 17.8 Å². The van der Waals surface area contributed by atoms with E-state index in [0.29, 0.717) is 0 Å². The van der Waals surface area contributed by atoms with Crippen LogP contribution in [0.15, 0.2) is 193 Å². The average molecular weight is 664 g/mol. The Hall–Kier alpha value is -6.50. The average Bonchev–Trinajstić information content (AvgIpc) is 2.94. The smallest absolute Gasteiger partial charge is 0.0616 e. The van der Waals surface area contributed by atoms with Gasteiger partial charge >= 0.3 is 0 Å². The molecule has 0 aliphatic carbocycles. The molecule has 0 heteroatoms. The topological polar surface area (TPSA) is 0 Å². The molecule has 0 atom stereocenters. The molecule has 0 radical (unpaired) electrons. The van der Waals surface area contributed by atoms with E-state index in [1.807, 2.05) is 0 Å². The summed E-state index contributed by atoms with van der Waals surface area (Å²) in [5, 5.41) is -7.14. The summed E-state index contributed by atoms with van der Waals surface area (Å²) < 4.78 is 282. The summed E-state index contributed by atoms with van der Waals surface area (Å²) in [6.07, 6.45) is 0. The number of benzene rings is 10. The van der Waals surface area contributed by atoms with Crippen molar-refractivity contribution in [3.8, 4) is 44.5 Å². The van der Waals surface area contributed by atoms with Crippen LogP contribution in [0.25, 0.3) is 98.4 Å². The van der Waals surface area contributed by atoms with E-state index >= 15 is 0 Å². The third-order valence-corrected chi connectivity index (χ3v) is 8.08. The molecule has 0 spiro atoms. The molecule has 10 aromatic carbocycles. The van der Waals surface area contributed by atoms with Crippen LogP contribution in [0.3, 0.4) is 0 Å². The zero-order valence-corrected chi connectivity index (χ0v) is 25.1. The van der Waals surface area contributed by atoms with Gasteiger partial charge in [0.2, 0.25) is 0 Å². The number of fused-ring (bicyclic) bond motifs is 5. The first-order valence-corrected chi connectivity index (χ1v) is 14.8. The SMILES string of the molecule is [2H]c1cc2c(-c3c4c([2H])c([2H])c([2H])c([2H])c4c(-c4c([2H])c([2H])c([2H])c(-c5c([2H])c([2H])c6c([2H])c([2H])c([2H])c([2H])c6c5[2H])c4[2H])c4c([2H])c(-c5c([2H])c([2H])c([2H])c6c([2H])c([2H])c([2H])c([2H])c56)c([2H])c([2H])c34)c([2H])c([2H])c([2H])c2c([2H])c1[2H]. The first-order valence-electron chi connectivity index (χ1n) is 30.3. The zero-order chi connectivity index (χ0) is 60.0. The van der Waals surface area contributed by atoms with Crippen molar-refractivity contribution < 1.29 is 42.5 Å². The molecule has 0 fully saturated rings. The normalized spacial score (nSPS) is 20.3. The van der Waals surface area contributed by atoms with Crippen LogP contribution >= 0.6 is 0 Å². The third-order valence-electron chi connectivity index (χ3n) is 8.08. The molecule has 0 aliphatic heterocycles. The minimum absolute atomic E-state index is 0.473. The van der Waals surface area contributed by atoms with Gasteiger partial charge in [-0.05, 0) is 116 Å². The highest BCUT2D eigenvalue weighted by atomic mass is 14.2. The molecule has 0 N–H and O–H groups in total. The lowest BCUT2D eigenvalue weighted by Gasteiger charge is -2.20. The van der Waals surface area contributed by atoms with Crippen LogP contribution in [-0.2, 0) is 0 Å². The second-order valence-corrected chi connectivity index (χ2v) is 10.8. The largest absolute Gasteiger partial charge is 0.0636 e. The van der Waals surface area contributed by atoms with Crippen LogP contribution in [0.1, 0.15) is 42.5 Å². The van der Waals surface area contributed by atoms with Crippen molar-refractivity contribution in [3.63, 3.8) is 0 Å². The van der Waals surface area contributed by atoms with Gasteiger partial charge in [-0.25, -0.2) is 0 Å². The Morgan fingerprint density at radius 3 is 1.66 bits per heavy atom. The monoisotopic (exact) mass is 663 g/mol. The van der Waals surface area contributed by atoms with Crippen LogP contribution in [0.4, 0.5) is 0 Å². The molecular formula is C50H32. The van der Waals surface area contributed by atoms with Crippen LogP contribution < -0.4 is 0 Å². The van der Waals surface area contributed by atoms with E-state index in [1.165, 1.54) is 0 Å². The van der Waals surface area contributed by atoms with Gasteiger partial charge < -0.3 is 0 Å².